The third-order valence-corrected chi connectivity index (χ3v) is 2.10. The second-order valence-electron chi connectivity index (χ2n) is 3.51. The largest absolute Gasteiger partial charge is 0.0882 e. The van der Waals surface area contributed by atoms with Crippen LogP contribution in [0.15, 0.2) is 36.5 Å². The minimum Gasteiger partial charge on any atom is -0.0882 e. The van der Waals surface area contributed by atoms with Gasteiger partial charge in [-0.3, -0.25) is 0 Å². The van der Waals surface area contributed by atoms with E-state index < -0.39 is 0 Å². The van der Waals surface area contributed by atoms with Gasteiger partial charge in [0.1, 0.15) is 0 Å². The van der Waals surface area contributed by atoms with Gasteiger partial charge in [0.25, 0.3) is 0 Å². The Bertz CT molecular complexity index is 172. The zero-order valence-electron chi connectivity index (χ0n) is 9.71. The Hall–Kier alpha value is -0.780. The molecule has 0 unspecified atom stereocenters. The van der Waals surface area contributed by atoms with E-state index >= 15 is 0 Å². The second-order valence-corrected chi connectivity index (χ2v) is 3.51. The molecule has 0 N–H and O–H groups in total. The number of hydrogen-bond donors (Lipinski definition) is 0. The summed E-state index contributed by atoms with van der Waals surface area (Å²) in [5, 5.41) is 0. The molecule has 0 saturated carbocycles. The van der Waals surface area contributed by atoms with E-state index in [1.54, 1.807) is 0 Å². The molecule has 0 atom stereocenters. The molecule has 0 radical (unpaired) electrons. The molecular weight excluding hydrogens is 168 g/mol. The van der Waals surface area contributed by atoms with E-state index in [1.165, 1.54) is 32.1 Å². The van der Waals surface area contributed by atoms with Crippen molar-refractivity contribution < 1.29 is 0 Å². The summed E-state index contributed by atoms with van der Waals surface area (Å²) in [7, 11) is 0. The van der Waals surface area contributed by atoms with Crippen molar-refractivity contribution in [1.29, 1.82) is 0 Å². The fourth-order valence-electron chi connectivity index (χ4n) is 1.25. The molecule has 0 aromatic heterocycles. The lowest BCUT2D eigenvalue weighted by Crippen LogP contribution is -1.73. The van der Waals surface area contributed by atoms with Crippen molar-refractivity contribution in [2.75, 3.05) is 0 Å². The number of rotatable bonds is 8. The highest BCUT2D eigenvalue weighted by molar-refractivity contribution is 5.03. The molecule has 80 valence electrons. The van der Waals surface area contributed by atoms with Crippen LogP contribution in [-0.4, -0.2) is 0 Å². The molecule has 0 aliphatic heterocycles. The Morgan fingerprint density at radius 1 is 0.857 bits per heavy atom. The molecule has 0 aliphatic carbocycles. The van der Waals surface area contributed by atoms with Gasteiger partial charge in [0.2, 0.25) is 0 Å². The summed E-state index contributed by atoms with van der Waals surface area (Å²) in [5.74, 6) is 0. The highest BCUT2D eigenvalue weighted by Crippen LogP contribution is 2.03. The van der Waals surface area contributed by atoms with Crippen LogP contribution in [0.25, 0.3) is 0 Å². The van der Waals surface area contributed by atoms with Gasteiger partial charge >= 0.3 is 0 Å². The molecule has 0 aromatic rings. The van der Waals surface area contributed by atoms with Gasteiger partial charge in [-0.2, -0.15) is 0 Å². The number of hydrogen-bond acceptors (Lipinski definition) is 0. The summed E-state index contributed by atoms with van der Waals surface area (Å²) in [6, 6.07) is 0. The van der Waals surface area contributed by atoms with Gasteiger partial charge in [-0.05, 0) is 26.2 Å². The van der Waals surface area contributed by atoms with E-state index in [-0.39, 0.29) is 0 Å². The van der Waals surface area contributed by atoms with Crippen LogP contribution in [0.2, 0.25) is 0 Å². The summed E-state index contributed by atoms with van der Waals surface area (Å²) in [6.07, 6.45) is 20.7. The molecule has 0 nitrogen and oxygen atoms in total. The van der Waals surface area contributed by atoms with Gasteiger partial charge in [0.15, 0.2) is 0 Å². The van der Waals surface area contributed by atoms with Gasteiger partial charge in [0, 0.05) is 0 Å². The predicted octanol–water partition coefficient (Wildman–Crippen LogP) is 5.04. The van der Waals surface area contributed by atoms with E-state index in [4.69, 9.17) is 0 Å². The van der Waals surface area contributed by atoms with Crippen molar-refractivity contribution in [3.63, 3.8) is 0 Å². The Morgan fingerprint density at radius 3 is 2.43 bits per heavy atom. The lowest BCUT2D eigenvalue weighted by atomic mass is 10.1. The number of allylic oxidation sites excluding steroid dienone is 6. The first-order chi connectivity index (χ1) is 6.91. The minimum absolute atomic E-state index is 1.07. The quantitative estimate of drug-likeness (QED) is 0.287. The van der Waals surface area contributed by atoms with Crippen LogP contribution in [0.1, 0.15) is 52.4 Å². The van der Waals surface area contributed by atoms with E-state index in [0.29, 0.717) is 0 Å². The zero-order chi connectivity index (χ0) is 10.5. The first-order valence-electron chi connectivity index (χ1n) is 5.84. The van der Waals surface area contributed by atoms with Crippen molar-refractivity contribution >= 4 is 0 Å². The normalized spacial score (nSPS) is 12.4. The van der Waals surface area contributed by atoms with Gasteiger partial charge in [-0.25, -0.2) is 0 Å². The minimum atomic E-state index is 1.07. The molecule has 0 rings (SSSR count). The summed E-state index contributed by atoms with van der Waals surface area (Å²) in [6.45, 7) is 4.29. The van der Waals surface area contributed by atoms with Crippen LogP contribution >= 0.6 is 0 Å². The second kappa shape index (κ2) is 12.2. The monoisotopic (exact) mass is 192 g/mol. The van der Waals surface area contributed by atoms with E-state index in [2.05, 4.69) is 37.3 Å². The molecule has 0 heterocycles. The molecular formula is C14H24. The maximum atomic E-state index is 2.30. The first-order valence-corrected chi connectivity index (χ1v) is 5.84. The van der Waals surface area contributed by atoms with Crippen LogP contribution in [0.3, 0.4) is 0 Å². The average molecular weight is 192 g/mol. The lowest BCUT2D eigenvalue weighted by Gasteiger charge is -1.93. The standard InChI is InChI=1S/C14H24/c1-3-5-7-9-11-13-14-12-10-8-6-4-2/h3,5,7,9,13-14H,4,6,8,10-12H2,1-2H3. The van der Waals surface area contributed by atoms with Crippen molar-refractivity contribution in [2.24, 2.45) is 0 Å². The molecule has 0 bridgehead atoms. The molecule has 0 saturated heterocycles. The summed E-state index contributed by atoms with van der Waals surface area (Å²) < 4.78 is 0. The Kier molecular flexibility index (Phi) is 11.5. The van der Waals surface area contributed by atoms with E-state index in [9.17, 15) is 0 Å². The average Bonchev–Trinajstić information content (AvgIpc) is 2.21. The molecule has 0 aromatic carbocycles. The highest BCUT2D eigenvalue weighted by Gasteiger charge is 1.83. The Balaban J connectivity index is 3.19. The first kappa shape index (κ1) is 13.2. The highest BCUT2D eigenvalue weighted by atomic mass is 13.9. The van der Waals surface area contributed by atoms with Crippen LogP contribution in [0, 0.1) is 0 Å². The molecule has 0 heteroatoms. The van der Waals surface area contributed by atoms with Crippen molar-refractivity contribution in [3.8, 4) is 0 Å². The van der Waals surface area contributed by atoms with Crippen molar-refractivity contribution in [1.82, 2.24) is 0 Å². The topological polar surface area (TPSA) is 0 Å². The van der Waals surface area contributed by atoms with Crippen LogP contribution in [0.4, 0.5) is 0 Å². The molecule has 14 heavy (non-hydrogen) atoms. The zero-order valence-corrected chi connectivity index (χ0v) is 9.71. The fraction of sp³-hybridized carbons (Fsp3) is 0.571. The van der Waals surface area contributed by atoms with E-state index in [0.717, 1.165) is 6.42 Å². The van der Waals surface area contributed by atoms with Gasteiger partial charge in [0.05, 0.1) is 0 Å². The smallest absolute Gasteiger partial charge is 0.0166 e. The van der Waals surface area contributed by atoms with E-state index in [1.807, 2.05) is 13.0 Å². The maximum absolute atomic E-state index is 2.30. The summed E-state index contributed by atoms with van der Waals surface area (Å²) >= 11 is 0. The fourth-order valence-corrected chi connectivity index (χ4v) is 1.25. The van der Waals surface area contributed by atoms with Gasteiger partial charge in [-0.15, -0.1) is 0 Å². The van der Waals surface area contributed by atoms with Crippen LogP contribution < -0.4 is 0 Å². The predicted molar refractivity (Wildman–Crippen MR) is 66.5 cm³/mol. The van der Waals surface area contributed by atoms with Gasteiger partial charge < -0.3 is 0 Å². The SMILES string of the molecule is CC=CC=CCC=CCCCCCC. The third kappa shape index (κ3) is 11.2. The molecule has 0 amide bonds. The summed E-state index contributed by atoms with van der Waals surface area (Å²) in [5.41, 5.74) is 0. The third-order valence-electron chi connectivity index (χ3n) is 2.10. The van der Waals surface area contributed by atoms with Gasteiger partial charge in [-0.1, -0.05) is 62.6 Å². The van der Waals surface area contributed by atoms with Crippen LogP contribution in [0.5, 0.6) is 0 Å². The maximum Gasteiger partial charge on any atom is -0.0166 e. The van der Waals surface area contributed by atoms with Crippen molar-refractivity contribution in [3.05, 3.63) is 36.5 Å². The van der Waals surface area contributed by atoms with Crippen LogP contribution in [-0.2, 0) is 0 Å². The molecule has 0 spiro atoms. The Labute approximate surface area is 89.4 Å². The summed E-state index contributed by atoms with van der Waals surface area (Å²) in [4.78, 5) is 0. The lowest BCUT2D eigenvalue weighted by molar-refractivity contribution is 0.674. The molecule has 0 fully saturated rings. The Morgan fingerprint density at radius 2 is 1.71 bits per heavy atom. The number of unbranched alkanes of at least 4 members (excludes halogenated alkanes) is 4. The van der Waals surface area contributed by atoms with Crippen molar-refractivity contribution in [2.45, 2.75) is 52.4 Å². The molecule has 0 aliphatic rings.